The van der Waals surface area contributed by atoms with E-state index in [1.165, 1.54) is 27.1 Å². The fourth-order valence-corrected chi connectivity index (χ4v) is 3.89. The zero-order chi connectivity index (χ0) is 14.6. The molecule has 0 heterocycles. The molecule has 0 spiro atoms. The SMILES string of the molecule is CC1(C)CCC(F)c2ccc3c(ccc4ccccc43)c21. The van der Waals surface area contributed by atoms with Crippen molar-refractivity contribution in [2.75, 3.05) is 0 Å². The molecule has 0 nitrogen and oxygen atoms in total. The normalized spacial score (nSPS) is 20.6. The van der Waals surface area contributed by atoms with Crippen LogP contribution in [0.5, 0.6) is 0 Å². The molecular formula is C20H19F. The Morgan fingerprint density at radius 1 is 0.905 bits per heavy atom. The molecule has 106 valence electrons. The van der Waals surface area contributed by atoms with Crippen LogP contribution in [0, 0.1) is 0 Å². The second-order valence-corrected chi connectivity index (χ2v) is 6.80. The highest BCUT2D eigenvalue weighted by molar-refractivity contribution is 6.09. The Balaban J connectivity index is 2.17. The third-order valence-corrected chi connectivity index (χ3v) is 5.00. The molecule has 0 saturated heterocycles. The molecule has 0 amide bonds. The van der Waals surface area contributed by atoms with Crippen LogP contribution in [-0.2, 0) is 5.41 Å². The molecule has 0 fully saturated rings. The van der Waals surface area contributed by atoms with Gasteiger partial charge in [0.2, 0.25) is 0 Å². The maximum absolute atomic E-state index is 14.4. The van der Waals surface area contributed by atoms with Crippen LogP contribution in [0.3, 0.4) is 0 Å². The van der Waals surface area contributed by atoms with E-state index in [4.69, 9.17) is 0 Å². The van der Waals surface area contributed by atoms with E-state index in [1.807, 2.05) is 6.07 Å². The molecule has 0 saturated carbocycles. The molecule has 21 heavy (non-hydrogen) atoms. The molecule has 1 aliphatic rings. The summed E-state index contributed by atoms with van der Waals surface area (Å²) in [6.45, 7) is 4.48. The Hall–Kier alpha value is -1.89. The highest BCUT2D eigenvalue weighted by Gasteiger charge is 2.34. The van der Waals surface area contributed by atoms with Gasteiger partial charge in [-0.15, -0.1) is 0 Å². The zero-order valence-electron chi connectivity index (χ0n) is 12.5. The minimum Gasteiger partial charge on any atom is -0.242 e. The molecule has 1 atom stereocenters. The Labute approximate surface area is 124 Å². The Bertz CT molecular complexity index is 845. The molecule has 3 aromatic carbocycles. The van der Waals surface area contributed by atoms with E-state index in [0.717, 1.165) is 12.0 Å². The van der Waals surface area contributed by atoms with E-state index in [1.54, 1.807) is 0 Å². The maximum atomic E-state index is 14.4. The van der Waals surface area contributed by atoms with E-state index in [9.17, 15) is 4.39 Å². The Morgan fingerprint density at radius 2 is 1.67 bits per heavy atom. The smallest absolute Gasteiger partial charge is 0.125 e. The lowest BCUT2D eigenvalue weighted by molar-refractivity contribution is 0.261. The monoisotopic (exact) mass is 278 g/mol. The summed E-state index contributed by atoms with van der Waals surface area (Å²) in [7, 11) is 0. The summed E-state index contributed by atoms with van der Waals surface area (Å²) in [5.41, 5.74) is 2.15. The molecule has 0 N–H and O–H groups in total. The summed E-state index contributed by atoms with van der Waals surface area (Å²) in [6, 6.07) is 16.9. The van der Waals surface area contributed by atoms with Gasteiger partial charge in [-0.25, -0.2) is 4.39 Å². The Morgan fingerprint density at radius 3 is 2.52 bits per heavy atom. The standard InChI is InChI=1S/C20H19F/c1-20(2)12-11-18(21)17-10-9-15-14-6-4-3-5-13(14)7-8-16(15)19(17)20/h3-10,18H,11-12H2,1-2H3. The lowest BCUT2D eigenvalue weighted by atomic mass is 9.70. The molecule has 0 aromatic heterocycles. The number of halogens is 1. The van der Waals surface area contributed by atoms with Crippen molar-refractivity contribution in [1.29, 1.82) is 0 Å². The van der Waals surface area contributed by atoms with Crippen molar-refractivity contribution in [1.82, 2.24) is 0 Å². The first-order valence-corrected chi connectivity index (χ1v) is 7.67. The van der Waals surface area contributed by atoms with E-state index >= 15 is 0 Å². The summed E-state index contributed by atoms with van der Waals surface area (Å²) in [5, 5.41) is 4.97. The predicted molar refractivity (Wildman–Crippen MR) is 87.6 cm³/mol. The summed E-state index contributed by atoms with van der Waals surface area (Å²) in [6.07, 6.45) is 0.732. The first-order valence-electron chi connectivity index (χ1n) is 7.67. The van der Waals surface area contributed by atoms with Crippen LogP contribution in [0.2, 0.25) is 0 Å². The van der Waals surface area contributed by atoms with Crippen molar-refractivity contribution in [3.8, 4) is 0 Å². The average molecular weight is 278 g/mol. The van der Waals surface area contributed by atoms with Crippen LogP contribution in [0.4, 0.5) is 4.39 Å². The van der Waals surface area contributed by atoms with Gasteiger partial charge in [0, 0.05) is 0 Å². The summed E-state index contributed by atoms with van der Waals surface area (Å²) < 4.78 is 14.4. The molecule has 4 rings (SSSR count). The van der Waals surface area contributed by atoms with Crippen LogP contribution in [0.25, 0.3) is 21.5 Å². The molecule has 0 radical (unpaired) electrons. The van der Waals surface area contributed by atoms with E-state index in [0.29, 0.717) is 6.42 Å². The molecule has 0 bridgehead atoms. The van der Waals surface area contributed by atoms with Crippen LogP contribution in [0.15, 0.2) is 48.5 Å². The summed E-state index contributed by atoms with van der Waals surface area (Å²) >= 11 is 0. The average Bonchev–Trinajstić information content (AvgIpc) is 2.50. The lowest BCUT2D eigenvalue weighted by Crippen LogP contribution is -2.25. The minimum absolute atomic E-state index is 0.0416. The predicted octanol–water partition coefficient (Wildman–Crippen LogP) is 6.08. The molecule has 1 unspecified atom stereocenters. The highest BCUT2D eigenvalue weighted by Crippen LogP contribution is 2.47. The van der Waals surface area contributed by atoms with E-state index in [2.05, 4.69) is 56.3 Å². The van der Waals surface area contributed by atoms with Crippen molar-refractivity contribution >= 4 is 21.5 Å². The Kier molecular flexibility index (Phi) is 2.63. The van der Waals surface area contributed by atoms with Crippen LogP contribution < -0.4 is 0 Å². The molecular weight excluding hydrogens is 259 g/mol. The van der Waals surface area contributed by atoms with Crippen molar-refractivity contribution < 1.29 is 4.39 Å². The largest absolute Gasteiger partial charge is 0.242 e. The maximum Gasteiger partial charge on any atom is 0.125 e. The molecule has 1 aliphatic carbocycles. The van der Waals surface area contributed by atoms with Crippen LogP contribution in [-0.4, -0.2) is 0 Å². The van der Waals surface area contributed by atoms with Crippen molar-refractivity contribution in [3.63, 3.8) is 0 Å². The van der Waals surface area contributed by atoms with Gasteiger partial charge >= 0.3 is 0 Å². The van der Waals surface area contributed by atoms with Gasteiger partial charge in [-0.05, 0) is 50.9 Å². The molecule has 1 heteroatoms. The van der Waals surface area contributed by atoms with Crippen LogP contribution >= 0.6 is 0 Å². The fourth-order valence-electron chi connectivity index (χ4n) is 3.89. The van der Waals surface area contributed by atoms with Crippen molar-refractivity contribution in [3.05, 3.63) is 59.7 Å². The first-order chi connectivity index (χ1) is 10.1. The second kappa shape index (κ2) is 4.30. The number of hydrogen-bond donors (Lipinski definition) is 0. The zero-order valence-corrected chi connectivity index (χ0v) is 12.5. The van der Waals surface area contributed by atoms with Gasteiger partial charge in [0.15, 0.2) is 0 Å². The van der Waals surface area contributed by atoms with Gasteiger partial charge in [0.25, 0.3) is 0 Å². The first kappa shape index (κ1) is 12.8. The second-order valence-electron chi connectivity index (χ2n) is 6.80. The minimum atomic E-state index is -0.816. The van der Waals surface area contributed by atoms with Crippen molar-refractivity contribution in [2.45, 2.75) is 38.3 Å². The number of hydrogen-bond acceptors (Lipinski definition) is 0. The summed E-state index contributed by atoms with van der Waals surface area (Å²) in [5.74, 6) is 0. The number of rotatable bonds is 0. The highest BCUT2D eigenvalue weighted by atomic mass is 19.1. The van der Waals surface area contributed by atoms with Gasteiger partial charge in [0.05, 0.1) is 0 Å². The number of benzene rings is 3. The van der Waals surface area contributed by atoms with Crippen LogP contribution in [0.1, 0.15) is 44.0 Å². The van der Waals surface area contributed by atoms with Crippen molar-refractivity contribution in [2.24, 2.45) is 0 Å². The fraction of sp³-hybridized carbons (Fsp3) is 0.300. The van der Waals surface area contributed by atoms with Gasteiger partial charge in [-0.3, -0.25) is 0 Å². The lowest BCUT2D eigenvalue weighted by Gasteiger charge is -2.35. The third-order valence-electron chi connectivity index (χ3n) is 5.00. The van der Waals surface area contributed by atoms with Gasteiger partial charge in [0.1, 0.15) is 6.17 Å². The summed E-state index contributed by atoms with van der Waals surface area (Å²) in [4.78, 5) is 0. The van der Waals surface area contributed by atoms with E-state index in [-0.39, 0.29) is 5.41 Å². The van der Waals surface area contributed by atoms with Gasteiger partial charge in [-0.1, -0.05) is 62.4 Å². The molecule has 0 aliphatic heterocycles. The number of alkyl halides is 1. The quantitative estimate of drug-likeness (QED) is 0.437. The topological polar surface area (TPSA) is 0 Å². The number of fused-ring (bicyclic) bond motifs is 5. The van der Waals surface area contributed by atoms with E-state index < -0.39 is 6.17 Å². The van der Waals surface area contributed by atoms with Gasteiger partial charge in [-0.2, -0.15) is 0 Å². The molecule has 3 aromatic rings. The van der Waals surface area contributed by atoms with Gasteiger partial charge < -0.3 is 0 Å². The third kappa shape index (κ3) is 1.80.